The minimum absolute atomic E-state index is 0.00527. The monoisotopic (exact) mass is 483 g/mol. The maximum absolute atomic E-state index is 13.2. The average Bonchev–Trinajstić information content (AvgIpc) is 3.01. The number of nitrogens with zero attached hydrogens (tertiary/aromatic N) is 3. The summed E-state index contributed by atoms with van der Waals surface area (Å²) in [4.78, 5) is 32.3. The van der Waals surface area contributed by atoms with Gasteiger partial charge in [0.15, 0.2) is 0 Å². The van der Waals surface area contributed by atoms with E-state index in [0.29, 0.717) is 19.5 Å². The lowest BCUT2D eigenvalue weighted by molar-refractivity contribution is -0.139. The van der Waals surface area contributed by atoms with Crippen molar-refractivity contribution in [2.24, 2.45) is 5.92 Å². The maximum atomic E-state index is 13.2. The van der Waals surface area contributed by atoms with E-state index < -0.39 is 5.92 Å². The Labute approximate surface area is 193 Å². The van der Waals surface area contributed by atoms with Crippen LogP contribution in [-0.2, 0) is 16.0 Å². The number of carbonyl (C=O) groups is 2. The summed E-state index contributed by atoms with van der Waals surface area (Å²) >= 11 is 3.52. The van der Waals surface area contributed by atoms with Crippen LogP contribution in [0, 0.1) is 5.92 Å². The summed E-state index contributed by atoms with van der Waals surface area (Å²) in [7, 11) is 0. The second-order valence-electron chi connectivity index (χ2n) is 8.39. The van der Waals surface area contributed by atoms with Gasteiger partial charge in [0, 0.05) is 30.7 Å². The molecule has 164 valence electrons. The fourth-order valence-electron chi connectivity index (χ4n) is 4.61. The van der Waals surface area contributed by atoms with Crippen LogP contribution in [0.3, 0.4) is 0 Å². The van der Waals surface area contributed by atoms with Crippen molar-refractivity contribution in [1.82, 2.24) is 9.80 Å². The Hall–Kier alpha value is -2.18. The van der Waals surface area contributed by atoms with Crippen molar-refractivity contribution in [3.05, 3.63) is 64.6 Å². The largest absolute Gasteiger partial charge is 0.341 e. The Balaban J connectivity index is 1.28. The van der Waals surface area contributed by atoms with Crippen LogP contribution in [0.25, 0.3) is 0 Å². The number of amides is 2. The van der Waals surface area contributed by atoms with Gasteiger partial charge in [0.1, 0.15) is 5.92 Å². The molecule has 31 heavy (non-hydrogen) atoms. The van der Waals surface area contributed by atoms with Crippen LogP contribution in [0.1, 0.15) is 24.8 Å². The van der Waals surface area contributed by atoms with Crippen molar-refractivity contribution in [2.45, 2.75) is 25.7 Å². The molecule has 2 aromatic carbocycles. The van der Waals surface area contributed by atoms with Gasteiger partial charge in [-0.15, -0.1) is 0 Å². The molecule has 1 atom stereocenters. The van der Waals surface area contributed by atoms with E-state index in [1.165, 1.54) is 5.56 Å². The number of para-hydroxylation sites is 1. The summed E-state index contributed by atoms with van der Waals surface area (Å²) in [5.74, 6) is -0.608. The van der Waals surface area contributed by atoms with Gasteiger partial charge in [0.25, 0.3) is 0 Å². The molecule has 0 aliphatic carbocycles. The van der Waals surface area contributed by atoms with Crippen LogP contribution in [-0.4, -0.2) is 60.9 Å². The van der Waals surface area contributed by atoms with Crippen molar-refractivity contribution in [2.75, 3.05) is 44.2 Å². The van der Waals surface area contributed by atoms with Crippen LogP contribution in [0.2, 0.25) is 0 Å². The Bertz CT molecular complexity index is 905. The summed E-state index contributed by atoms with van der Waals surface area (Å²) in [6.45, 7) is 5.00. The highest BCUT2D eigenvalue weighted by Crippen LogP contribution is 2.32. The molecule has 2 aromatic rings. The Morgan fingerprint density at radius 1 is 0.935 bits per heavy atom. The van der Waals surface area contributed by atoms with Gasteiger partial charge in [-0.3, -0.25) is 9.59 Å². The van der Waals surface area contributed by atoms with E-state index in [9.17, 15) is 9.59 Å². The van der Waals surface area contributed by atoms with E-state index in [2.05, 4.69) is 51.2 Å². The number of anilines is 1. The molecule has 2 saturated heterocycles. The molecular weight excluding hydrogens is 454 g/mol. The van der Waals surface area contributed by atoms with Crippen LogP contribution in [0.15, 0.2) is 59.1 Å². The highest BCUT2D eigenvalue weighted by atomic mass is 79.9. The lowest BCUT2D eigenvalue weighted by Crippen LogP contribution is -2.42. The summed E-state index contributed by atoms with van der Waals surface area (Å²) in [5, 5.41) is 0. The number of halogens is 1. The fourth-order valence-corrected chi connectivity index (χ4v) is 5.10. The van der Waals surface area contributed by atoms with Crippen molar-refractivity contribution < 1.29 is 9.59 Å². The number of rotatable bonds is 6. The number of benzene rings is 2. The number of aryl methyl sites for hydroxylation is 1. The molecule has 2 aliphatic heterocycles. The highest BCUT2D eigenvalue weighted by Gasteiger charge is 2.40. The molecular formula is C25H30BrN3O2. The van der Waals surface area contributed by atoms with Gasteiger partial charge < -0.3 is 14.7 Å². The Morgan fingerprint density at radius 3 is 2.52 bits per heavy atom. The zero-order valence-corrected chi connectivity index (χ0v) is 19.5. The first-order chi connectivity index (χ1) is 15.1. The van der Waals surface area contributed by atoms with Gasteiger partial charge >= 0.3 is 0 Å². The Morgan fingerprint density at radius 2 is 1.71 bits per heavy atom. The summed E-state index contributed by atoms with van der Waals surface area (Å²) in [5.41, 5.74) is 2.23. The summed E-state index contributed by atoms with van der Waals surface area (Å²) in [6, 6.07) is 18.3. The van der Waals surface area contributed by atoms with E-state index in [4.69, 9.17) is 0 Å². The normalized spacial score (nSPS) is 20.2. The molecule has 0 saturated carbocycles. The zero-order chi connectivity index (χ0) is 21.6. The predicted octanol–water partition coefficient (Wildman–Crippen LogP) is 3.97. The quantitative estimate of drug-likeness (QED) is 0.583. The van der Waals surface area contributed by atoms with Crippen molar-refractivity contribution in [3.8, 4) is 0 Å². The van der Waals surface area contributed by atoms with Crippen LogP contribution in [0.4, 0.5) is 5.69 Å². The molecule has 1 unspecified atom stereocenters. The van der Waals surface area contributed by atoms with Gasteiger partial charge in [-0.25, -0.2) is 0 Å². The molecule has 2 heterocycles. The molecule has 2 amide bonds. The molecule has 0 radical (unpaired) electrons. The predicted molar refractivity (Wildman–Crippen MR) is 127 cm³/mol. The minimum Gasteiger partial charge on any atom is -0.341 e. The first kappa shape index (κ1) is 22.0. The van der Waals surface area contributed by atoms with E-state index in [-0.39, 0.29) is 11.8 Å². The van der Waals surface area contributed by atoms with Crippen LogP contribution >= 0.6 is 15.9 Å². The molecule has 2 fully saturated rings. The third-order valence-corrected chi connectivity index (χ3v) is 7.00. The van der Waals surface area contributed by atoms with E-state index in [0.717, 1.165) is 55.6 Å². The molecule has 2 aliphatic rings. The second kappa shape index (κ2) is 10.4. The summed E-state index contributed by atoms with van der Waals surface area (Å²) < 4.78 is 0.886. The van der Waals surface area contributed by atoms with E-state index >= 15 is 0 Å². The molecule has 5 nitrogen and oxygen atoms in total. The fraction of sp³-hybridized carbons (Fsp3) is 0.440. The van der Waals surface area contributed by atoms with Gasteiger partial charge in [0.2, 0.25) is 11.8 Å². The van der Waals surface area contributed by atoms with E-state index in [1.807, 2.05) is 29.2 Å². The number of hydrogen-bond acceptors (Lipinski definition) is 3. The first-order valence-corrected chi connectivity index (χ1v) is 12.0. The van der Waals surface area contributed by atoms with Gasteiger partial charge in [-0.2, -0.15) is 0 Å². The molecule has 0 spiro atoms. The minimum atomic E-state index is -0.545. The standard InChI is InChI=1S/C25H30BrN3O2/c26-22-11-4-5-12-23(22)29-17-13-21(25(29)31)24(30)28-16-7-15-27(18-19-28)14-6-10-20-8-2-1-3-9-20/h1-5,8-9,11-12,21H,6-7,10,13-19H2. The lowest BCUT2D eigenvalue weighted by atomic mass is 10.1. The van der Waals surface area contributed by atoms with Crippen molar-refractivity contribution in [1.29, 1.82) is 0 Å². The number of hydrogen-bond donors (Lipinski definition) is 0. The highest BCUT2D eigenvalue weighted by molar-refractivity contribution is 9.10. The smallest absolute Gasteiger partial charge is 0.239 e. The Kier molecular flexibility index (Phi) is 7.41. The van der Waals surface area contributed by atoms with Gasteiger partial charge in [0.05, 0.1) is 5.69 Å². The van der Waals surface area contributed by atoms with Crippen LogP contribution < -0.4 is 4.90 Å². The molecule has 0 aromatic heterocycles. The topological polar surface area (TPSA) is 43.9 Å². The first-order valence-electron chi connectivity index (χ1n) is 11.2. The van der Waals surface area contributed by atoms with E-state index in [1.54, 1.807) is 4.90 Å². The maximum Gasteiger partial charge on any atom is 0.239 e. The zero-order valence-electron chi connectivity index (χ0n) is 17.9. The molecule has 4 rings (SSSR count). The molecule has 0 bridgehead atoms. The third-order valence-electron chi connectivity index (χ3n) is 6.33. The molecule has 0 N–H and O–H groups in total. The molecule has 6 heteroatoms. The van der Waals surface area contributed by atoms with Gasteiger partial charge in [-0.1, -0.05) is 42.5 Å². The summed E-state index contributed by atoms with van der Waals surface area (Å²) in [6.07, 6.45) is 3.77. The number of carbonyl (C=O) groups excluding carboxylic acids is 2. The van der Waals surface area contributed by atoms with Crippen molar-refractivity contribution in [3.63, 3.8) is 0 Å². The van der Waals surface area contributed by atoms with Gasteiger partial charge in [-0.05, 0) is 72.4 Å². The lowest BCUT2D eigenvalue weighted by Gasteiger charge is -2.24. The second-order valence-corrected chi connectivity index (χ2v) is 9.25. The average molecular weight is 484 g/mol. The van der Waals surface area contributed by atoms with Crippen molar-refractivity contribution >= 4 is 33.4 Å². The SMILES string of the molecule is O=C(C1CCN(c2ccccc2Br)C1=O)N1CCCN(CCCc2ccccc2)CC1. The third kappa shape index (κ3) is 5.36. The van der Waals surface area contributed by atoms with Crippen LogP contribution in [0.5, 0.6) is 0 Å².